The fourth-order valence-corrected chi connectivity index (χ4v) is 4.44. The zero-order valence-electron chi connectivity index (χ0n) is 6.14. The van der Waals surface area contributed by atoms with Crippen LogP contribution in [0.4, 0.5) is 0 Å². The second kappa shape index (κ2) is 4.00. The summed E-state index contributed by atoms with van der Waals surface area (Å²) >= 11 is 10.8. The van der Waals surface area contributed by atoms with Crippen molar-refractivity contribution >= 4 is 55.0 Å². The van der Waals surface area contributed by atoms with E-state index in [0.717, 1.165) is 11.0 Å². The van der Waals surface area contributed by atoms with Gasteiger partial charge in [0.1, 0.15) is 0 Å². The average molecular weight is 329 g/mol. The van der Waals surface area contributed by atoms with Crippen molar-refractivity contribution in [2.45, 2.75) is 5.37 Å². The van der Waals surface area contributed by atoms with Crippen molar-refractivity contribution in [1.82, 2.24) is 5.32 Å². The van der Waals surface area contributed by atoms with E-state index < -0.39 is 0 Å². The van der Waals surface area contributed by atoms with E-state index in [4.69, 9.17) is 0 Å². The first-order valence-electron chi connectivity index (χ1n) is 3.57. The molecule has 0 radical (unpaired) electrons. The molecular formula is C7H7Br2NS2. The summed E-state index contributed by atoms with van der Waals surface area (Å²) in [7, 11) is 0. The average Bonchev–Trinajstić information content (AvgIpc) is 2.61. The van der Waals surface area contributed by atoms with E-state index in [0.29, 0.717) is 5.37 Å². The summed E-state index contributed by atoms with van der Waals surface area (Å²) in [4.78, 5) is 1.40. The summed E-state index contributed by atoms with van der Waals surface area (Å²) < 4.78 is 2.35. The number of hydrogen-bond donors (Lipinski definition) is 1. The highest BCUT2D eigenvalue weighted by Crippen LogP contribution is 2.40. The maximum Gasteiger partial charge on any atom is 0.0884 e. The number of halogens is 2. The van der Waals surface area contributed by atoms with Crippen LogP contribution in [0.3, 0.4) is 0 Å². The van der Waals surface area contributed by atoms with Crippen LogP contribution in [0.25, 0.3) is 0 Å². The van der Waals surface area contributed by atoms with Crippen LogP contribution in [0, 0.1) is 0 Å². The van der Waals surface area contributed by atoms with Gasteiger partial charge in [-0.15, -0.1) is 23.1 Å². The van der Waals surface area contributed by atoms with Gasteiger partial charge >= 0.3 is 0 Å². The van der Waals surface area contributed by atoms with Crippen molar-refractivity contribution < 1.29 is 0 Å². The summed E-state index contributed by atoms with van der Waals surface area (Å²) in [6.45, 7) is 1.13. The summed E-state index contributed by atoms with van der Waals surface area (Å²) in [6, 6.07) is 2.19. The second-order valence-corrected chi connectivity index (χ2v) is 6.94. The van der Waals surface area contributed by atoms with Crippen molar-refractivity contribution in [2.24, 2.45) is 0 Å². The molecule has 1 aromatic heterocycles. The van der Waals surface area contributed by atoms with E-state index >= 15 is 0 Å². The number of nitrogens with one attached hydrogen (secondary N) is 1. The Morgan fingerprint density at radius 3 is 2.83 bits per heavy atom. The highest BCUT2D eigenvalue weighted by Gasteiger charge is 2.19. The van der Waals surface area contributed by atoms with Crippen LogP contribution in [0.2, 0.25) is 0 Å². The van der Waals surface area contributed by atoms with Crippen LogP contribution >= 0.6 is 55.0 Å². The maximum absolute atomic E-state index is 3.50. The van der Waals surface area contributed by atoms with Gasteiger partial charge in [-0.1, -0.05) is 0 Å². The molecule has 1 aromatic rings. The fraction of sp³-hybridized carbons (Fsp3) is 0.429. The Kier molecular flexibility index (Phi) is 3.18. The predicted octanol–water partition coefficient (Wildman–Crippen LogP) is 3.61. The van der Waals surface area contributed by atoms with Crippen LogP contribution in [-0.4, -0.2) is 12.3 Å². The van der Waals surface area contributed by atoms with Gasteiger partial charge in [-0.05, 0) is 37.9 Å². The monoisotopic (exact) mass is 327 g/mol. The SMILES string of the molecule is Brc1cc(C2NCCS2)sc1Br. The third-order valence-electron chi connectivity index (χ3n) is 1.64. The molecule has 1 fully saturated rings. The fourth-order valence-electron chi connectivity index (χ4n) is 1.10. The minimum atomic E-state index is 0.512. The van der Waals surface area contributed by atoms with Crippen molar-refractivity contribution in [1.29, 1.82) is 0 Å². The molecule has 0 saturated carbocycles. The molecule has 0 bridgehead atoms. The molecule has 1 aliphatic heterocycles. The van der Waals surface area contributed by atoms with E-state index in [1.54, 1.807) is 11.3 Å². The van der Waals surface area contributed by atoms with Gasteiger partial charge < -0.3 is 5.32 Å². The number of thioether (sulfide) groups is 1. The van der Waals surface area contributed by atoms with Crippen molar-refractivity contribution in [3.8, 4) is 0 Å². The normalized spacial score (nSPS) is 23.3. The predicted molar refractivity (Wildman–Crippen MR) is 62.9 cm³/mol. The van der Waals surface area contributed by atoms with E-state index in [9.17, 15) is 0 Å². The molecule has 2 rings (SSSR count). The van der Waals surface area contributed by atoms with Gasteiger partial charge in [0.2, 0.25) is 0 Å². The first-order chi connectivity index (χ1) is 5.77. The molecule has 1 aliphatic rings. The molecular weight excluding hydrogens is 322 g/mol. The lowest BCUT2D eigenvalue weighted by Crippen LogP contribution is -2.10. The smallest absolute Gasteiger partial charge is 0.0884 e. The zero-order chi connectivity index (χ0) is 8.55. The lowest BCUT2D eigenvalue weighted by molar-refractivity contribution is 0.761. The van der Waals surface area contributed by atoms with Gasteiger partial charge in [0.05, 0.1) is 9.16 Å². The Morgan fingerprint density at radius 1 is 1.50 bits per heavy atom. The summed E-state index contributed by atoms with van der Waals surface area (Å²) in [5.41, 5.74) is 0. The van der Waals surface area contributed by atoms with Crippen molar-refractivity contribution in [3.05, 3.63) is 19.2 Å². The topological polar surface area (TPSA) is 12.0 Å². The molecule has 0 aliphatic carbocycles. The lowest BCUT2D eigenvalue weighted by atomic mass is 10.4. The van der Waals surface area contributed by atoms with Crippen LogP contribution < -0.4 is 5.32 Å². The zero-order valence-corrected chi connectivity index (χ0v) is 10.9. The Hall–Kier alpha value is 0.970. The highest BCUT2D eigenvalue weighted by molar-refractivity contribution is 9.13. The quantitative estimate of drug-likeness (QED) is 0.845. The number of thiophene rings is 1. The largest absolute Gasteiger partial charge is 0.300 e. The Bertz CT molecular complexity index is 261. The van der Waals surface area contributed by atoms with Gasteiger partial charge in [-0.3, -0.25) is 0 Å². The van der Waals surface area contributed by atoms with Gasteiger partial charge in [0.15, 0.2) is 0 Å². The van der Waals surface area contributed by atoms with Crippen LogP contribution in [0.5, 0.6) is 0 Å². The molecule has 1 saturated heterocycles. The van der Waals surface area contributed by atoms with Gasteiger partial charge in [-0.2, -0.15) is 0 Å². The number of rotatable bonds is 1. The Labute approximate surface area is 96.6 Å². The maximum atomic E-state index is 3.50. The summed E-state index contributed by atoms with van der Waals surface area (Å²) in [5.74, 6) is 1.22. The molecule has 66 valence electrons. The molecule has 0 spiro atoms. The summed E-state index contributed by atoms with van der Waals surface area (Å²) in [6.07, 6.45) is 0. The summed E-state index contributed by atoms with van der Waals surface area (Å²) in [5, 5.41) is 3.96. The molecule has 1 atom stereocenters. The Morgan fingerprint density at radius 2 is 2.33 bits per heavy atom. The van der Waals surface area contributed by atoms with Gasteiger partial charge in [0.25, 0.3) is 0 Å². The Balaban J connectivity index is 2.21. The second-order valence-electron chi connectivity index (χ2n) is 2.48. The van der Waals surface area contributed by atoms with Crippen molar-refractivity contribution in [3.63, 3.8) is 0 Å². The van der Waals surface area contributed by atoms with Crippen LogP contribution in [0.15, 0.2) is 14.3 Å². The van der Waals surface area contributed by atoms with Crippen LogP contribution in [0.1, 0.15) is 10.3 Å². The first kappa shape index (κ1) is 9.52. The van der Waals surface area contributed by atoms with E-state index in [2.05, 4.69) is 43.2 Å². The molecule has 2 heterocycles. The molecule has 12 heavy (non-hydrogen) atoms. The van der Waals surface area contributed by atoms with Gasteiger partial charge in [-0.25, -0.2) is 0 Å². The minimum Gasteiger partial charge on any atom is -0.300 e. The molecule has 1 unspecified atom stereocenters. The molecule has 1 N–H and O–H groups in total. The van der Waals surface area contributed by atoms with Gasteiger partial charge in [0, 0.05) is 21.6 Å². The van der Waals surface area contributed by atoms with E-state index in [1.807, 2.05) is 11.8 Å². The van der Waals surface area contributed by atoms with E-state index in [1.165, 1.54) is 14.4 Å². The van der Waals surface area contributed by atoms with Crippen LogP contribution in [-0.2, 0) is 0 Å². The molecule has 0 aromatic carbocycles. The van der Waals surface area contributed by atoms with Crippen molar-refractivity contribution in [2.75, 3.05) is 12.3 Å². The van der Waals surface area contributed by atoms with E-state index in [-0.39, 0.29) is 0 Å². The lowest BCUT2D eigenvalue weighted by Gasteiger charge is -2.04. The molecule has 5 heteroatoms. The third-order valence-corrected chi connectivity index (χ3v) is 6.30. The minimum absolute atomic E-state index is 0.512. The third kappa shape index (κ3) is 1.90. The standard InChI is InChI=1S/C7H7Br2NS2/c8-4-3-5(12-6(4)9)7-10-1-2-11-7/h3,7,10H,1-2H2. The molecule has 0 amide bonds. The molecule has 1 nitrogen and oxygen atoms in total. The number of hydrogen-bond acceptors (Lipinski definition) is 3. The first-order valence-corrected chi connectivity index (χ1v) is 7.02. The highest BCUT2D eigenvalue weighted by atomic mass is 79.9.